The van der Waals surface area contributed by atoms with Crippen LogP contribution in [0.25, 0.3) is 0 Å². The highest BCUT2D eigenvalue weighted by Crippen LogP contribution is 2.15. The molecule has 0 amide bonds. The van der Waals surface area contributed by atoms with E-state index < -0.39 is 6.10 Å². The lowest BCUT2D eigenvalue weighted by Crippen LogP contribution is -2.28. The molecule has 0 aliphatic rings. The van der Waals surface area contributed by atoms with Crippen molar-refractivity contribution in [3.63, 3.8) is 0 Å². The third kappa shape index (κ3) is 58.4. The predicted octanol–water partition coefficient (Wildman–Crippen LogP) is 20.2. The number of carbonyl (C=O) groups is 2. The number of ether oxygens (including phenoxy) is 2. The monoisotopic (exact) mass is 993 g/mol. The van der Waals surface area contributed by atoms with E-state index in [1.807, 2.05) is 0 Å². The van der Waals surface area contributed by atoms with E-state index in [4.69, 9.17) is 9.47 Å². The van der Waals surface area contributed by atoms with Crippen molar-refractivity contribution in [1.29, 1.82) is 0 Å². The quantitative estimate of drug-likeness (QED) is 0.0373. The number of aliphatic hydroxyl groups excluding tert-OH is 1. The molecule has 0 spiro atoms. The summed E-state index contributed by atoms with van der Waals surface area (Å²) >= 11 is 0. The number of hydrogen-bond donors (Lipinski definition) is 1. The molecule has 72 heavy (non-hydrogen) atoms. The molecule has 0 heterocycles. The SMILES string of the molecule is CC/C=C\C/C=C\C/C=C\C/C=C\C/C=C\C/C=C\C/C=C\C/C=C\CCCCCCCCCCC(=O)OC(CO)COC(=O)CCCCCCCCCCCCCC/C=C\C/C=C\C/C=C\C/C=C\CC. The number of hydrogen-bond acceptors (Lipinski definition) is 5. The van der Waals surface area contributed by atoms with Crippen molar-refractivity contribution in [1.82, 2.24) is 0 Å². The van der Waals surface area contributed by atoms with Crippen LogP contribution in [0.4, 0.5) is 0 Å². The van der Waals surface area contributed by atoms with Gasteiger partial charge in [0.25, 0.3) is 0 Å². The summed E-state index contributed by atoms with van der Waals surface area (Å²) in [5.74, 6) is -0.608. The minimum atomic E-state index is -0.789. The van der Waals surface area contributed by atoms with Gasteiger partial charge < -0.3 is 14.6 Å². The van der Waals surface area contributed by atoms with Crippen LogP contribution in [0.1, 0.15) is 245 Å². The maximum absolute atomic E-state index is 12.3. The molecule has 0 radical (unpaired) electrons. The van der Waals surface area contributed by atoms with E-state index in [1.165, 1.54) is 96.3 Å². The fourth-order valence-electron chi connectivity index (χ4n) is 7.80. The Morgan fingerprint density at radius 1 is 0.319 bits per heavy atom. The molecule has 0 aromatic heterocycles. The second kappa shape index (κ2) is 61.1. The Morgan fingerprint density at radius 3 is 0.833 bits per heavy atom. The van der Waals surface area contributed by atoms with E-state index in [0.717, 1.165) is 122 Å². The van der Waals surface area contributed by atoms with Gasteiger partial charge in [0, 0.05) is 12.8 Å². The topological polar surface area (TPSA) is 72.8 Å². The minimum Gasteiger partial charge on any atom is -0.462 e. The molecule has 0 saturated carbocycles. The van der Waals surface area contributed by atoms with Crippen molar-refractivity contribution in [2.24, 2.45) is 0 Å². The zero-order chi connectivity index (χ0) is 52.0. The fraction of sp³-hybridized carbons (Fsp3) is 0.612. The second-order valence-corrected chi connectivity index (χ2v) is 19.0. The Kier molecular flexibility index (Phi) is 57.5. The van der Waals surface area contributed by atoms with Crippen LogP contribution < -0.4 is 0 Å². The number of allylic oxidation sites excluding steroid dienone is 24. The van der Waals surface area contributed by atoms with Crippen molar-refractivity contribution in [2.45, 2.75) is 251 Å². The molecule has 0 bridgehead atoms. The van der Waals surface area contributed by atoms with Gasteiger partial charge in [-0.15, -0.1) is 0 Å². The van der Waals surface area contributed by atoms with Crippen LogP contribution in [0.2, 0.25) is 0 Å². The molecule has 406 valence electrons. The van der Waals surface area contributed by atoms with E-state index in [0.29, 0.717) is 12.8 Å². The van der Waals surface area contributed by atoms with Crippen LogP contribution in [0.3, 0.4) is 0 Å². The lowest BCUT2D eigenvalue weighted by molar-refractivity contribution is -0.161. The van der Waals surface area contributed by atoms with Crippen LogP contribution in [-0.2, 0) is 19.1 Å². The first-order chi connectivity index (χ1) is 35.6. The van der Waals surface area contributed by atoms with Crippen LogP contribution in [0, 0.1) is 0 Å². The highest BCUT2D eigenvalue weighted by atomic mass is 16.6. The number of rotatable bonds is 52. The Balaban J connectivity index is 3.58. The van der Waals surface area contributed by atoms with Gasteiger partial charge in [-0.1, -0.05) is 262 Å². The summed E-state index contributed by atoms with van der Waals surface area (Å²) in [6.07, 6.45) is 92.4. The van der Waals surface area contributed by atoms with Crippen molar-refractivity contribution < 1.29 is 24.2 Å². The first kappa shape index (κ1) is 67.8. The summed E-state index contributed by atoms with van der Waals surface area (Å²) in [5, 5.41) is 9.67. The van der Waals surface area contributed by atoms with E-state index in [2.05, 4.69) is 160 Å². The molecular formula is C67H108O5. The first-order valence-corrected chi connectivity index (χ1v) is 29.4. The Morgan fingerprint density at radius 2 is 0.556 bits per heavy atom. The molecule has 1 atom stereocenters. The van der Waals surface area contributed by atoms with Crippen molar-refractivity contribution in [3.05, 3.63) is 146 Å². The predicted molar refractivity (Wildman–Crippen MR) is 315 cm³/mol. The average molecular weight is 994 g/mol. The largest absolute Gasteiger partial charge is 0.462 e. The van der Waals surface area contributed by atoms with Gasteiger partial charge in [0.15, 0.2) is 6.10 Å². The molecular weight excluding hydrogens is 885 g/mol. The van der Waals surface area contributed by atoms with Gasteiger partial charge in [0.1, 0.15) is 6.61 Å². The van der Waals surface area contributed by atoms with Gasteiger partial charge in [0.2, 0.25) is 0 Å². The molecule has 5 nitrogen and oxygen atoms in total. The first-order valence-electron chi connectivity index (χ1n) is 29.4. The van der Waals surface area contributed by atoms with Crippen molar-refractivity contribution in [3.8, 4) is 0 Å². The molecule has 0 aliphatic carbocycles. The Labute approximate surface area is 444 Å². The average Bonchev–Trinajstić information content (AvgIpc) is 3.38. The highest BCUT2D eigenvalue weighted by molar-refractivity contribution is 5.70. The molecule has 1 N–H and O–H groups in total. The fourth-order valence-corrected chi connectivity index (χ4v) is 7.80. The lowest BCUT2D eigenvalue weighted by atomic mass is 10.0. The van der Waals surface area contributed by atoms with Crippen LogP contribution in [-0.4, -0.2) is 36.4 Å². The third-order valence-electron chi connectivity index (χ3n) is 12.1. The van der Waals surface area contributed by atoms with Gasteiger partial charge in [0.05, 0.1) is 6.61 Å². The summed E-state index contributed by atoms with van der Waals surface area (Å²) in [6, 6.07) is 0. The lowest BCUT2D eigenvalue weighted by Gasteiger charge is -2.15. The van der Waals surface area contributed by atoms with Gasteiger partial charge in [-0.05, 0) is 116 Å². The summed E-state index contributed by atoms with van der Waals surface area (Å²) in [5.41, 5.74) is 0. The van der Waals surface area contributed by atoms with E-state index in [9.17, 15) is 14.7 Å². The third-order valence-corrected chi connectivity index (χ3v) is 12.1. The maximum atomic E-state index is 12.3. The number of carbonyl (C=O) groups excluding carboxylic acids is 2. The zero-order valence-electron chi connectivity index (χ0n) is 46.4. The highest BCUT2D eigenvalue weighted by Gasteiger charge is 2.16. The van der Waals surface area contributed by atoms with Crippen LogP contribution in [0.15, 0.2) is 146 Å². The minimum absolute atomic E-state index is 0.0784. The van der Waals surface area contributed by atoms with E-state index in [1.54, 1.807) is 0 Å². The smallest absolute Gasteiger partial charge is 0.306 e. The van der Waals surface area contributed by atoms with Crippen molar-refractivity contribution in [2.75, 3.05) is 13.2 Å². The van der Waals surface area contributed by atoms with Crippen LogP contribution >= 0.6 is 0 Å². The molecule has 1 unspecified atom stereocenters. The van der Waals surface area contributed by atoms with E-state index >= 15 is 0 Å². The van der Waals surface area contributed by atoms with Gasteiger partial charge in [-0.25, -0.2) is 0 Å². The van der Waals surface area contributed by atoms with Gasteiger partial charge in [-0.2, -0.15) is 0 Å². The van der Waals surface area contributed by atoms with Gasteiger partial charge >= 0.3 is 11.9 Å². The van der Waals surface area contributed by atoms with Crippen LogP contribution in [0.5, 0.6) is 0 Å². The number of unbranched alkanes of at least 4 members (excludes halogenated alkanes) is 20. The summed E-state index contributed by atoms with van der Waals surface area (Å²) in [4.78, 5) is 24.6. The number of aliphatic hydroxyl groups is 1. The Bertz CT molecular complexity index is 1540. The molecule has 0 aliphatic heterocycles. The molecule has 0 rings (SSSR count). The Hall–Kier alpha value is -4.22. The second-order valence-electron chi connectivity index (χ2n) is 19.0. The molecule has 0 fully saturated rings. The summed E-state index contributed by atoms with van der Waals surface area (Å²) in [7, 11) is 0. The molecule has 0 aromatic rings. The van der Waals surface area contributed by atoms with E-state index in [-0.39, 0.29) is 25.2 Å². The standard InChI is InChI=1S/C67H108O5/c1-3-5-7-9-11-13-15-17-19-21-23-25-27-29-30-31-32-33-34-35-36-38-40-42-44-46-48-50-52-54-56-58-60-62-67(70)72-65(63-68)64-71-66(69)61-59-57-55-53-51-49-47-45-43-41-39-37-28-26-24-22-20-18-16-14-12-10-8-6-4-2/h5-8,11-14,17-20,23-26,29-30,32-33,35-36,40,42,65,68H,3-4,9-10,15-16,21-22,27-28,31,34,37-39,41,43-64H2,1-2H3/b7-5-,8-6-,13-11-,14-12-,19-17-,20-18-,25-23-,26-24-,30-29-,33-32-,36-35-,42-40-. The van der Waals surface area contributed by atoms with Crippen molar-refractivity contribution >= 4 is 11.9 Å². The summed E-state index contributed by atoms with van der Waals surface area (Å²) in [6.45, 7) is 3.91. The maximum Gasteiger partial charge on any atom is 0.306 e. The molecule has 0 saturated heterocycles. The number of esters is 2. The van der Waals surface area contributed by atoms with Gasteiger partial charge in [-0.3, -0.25) is 9.59 Å². The molecule has 5 heteroatoms. The normalized spacial score (nSPS) is 13.3. The zero-order valence-corrected chi connectivity index (χ0v) is 46.4. The molecule has 0 aromatic carbocycles. The summed E-state index contributed by atoms with van der Waals surface area (Å²) < 4.78 is 10.7.